The van der Waals surface area contributed by atoms with Crippen molar-refractivity contribution in [2.24, 2.45) is 5.41 Å². The largest absolute Gasteiger partial charge is 0.465 e. The maximum Gasteiger partial charge on any atom is 0.328 e. The number of likely N-dealkylation sites (tertiary alicyclic amines) is 1. The van der Waals surface area contributed by atoms with E-state index in [0.717, 1.165) is 13.0 Å². The molecule has 0 N–H and O–H groups in total. The molecule has 0 aromatic heterocycles. The van der Waals surface area contributed by atoms with E-state index in [9.17, 15) is 10.1 Å². The van der Waals surface area contributed by atoms with E-state index in [1.165, 1.54) is 0 Å². The molecule has 0 bridgehead atoms. The molecule has 0 saturated carbocycles. The summed E-state index contributed by atoms with van der Waals surface area (Å²) in [6.45, 7) is 4.88. The Balaban J connectivity index is 2.94. The molecule has 0 aromatic carbocycles. The predicted octanol–water partition coefficient (Wildman–Crippen LogP) is 1.17. The molecule has 15 heavy (non-hydrogen) atoms. The first-order valence-corrected chi connectivity index (χ1v) is 5.41. The third-order valence-corrected chi connectivity index (χ3v) is 3.19. The van der Waals surface area contributed by atoms with Crippen LogP contribution in [0.5, 0.6) is 0 Å². The van der Waals surface area contributed by atoms with Gasteiger partial charge in [0.2, 0.25) is 0 Å². The number of carbonyl (C=O) groups is 1. The number of nitriles is 1. The highest BCUT2D eigenvalue weighted by molar-refractivity contribution is 5.81. The minimum absolute atomic E-state index is 0.0125. The minimum atomic E-state index is -0.945. The zero-order valence-electron chi connectivity index (χ0n) is 9.62. The molecule has 1 rings (SSSR count). The quantitative estimate of drug-likeness (QED) is 0.656. The first-order chi connectivity index (χ1) is 7.12. The Morgan fingerprint density at radius 1 is 1.67 bits per heavy atom. The van der Waals surface area contributed by atoms with Crippen molar-refractivity contribution in [2.75, 3.05) is 20.2 Å². The summed E-state index contributed by atoms with van der Waals surface area (Å²) >= 11 is 0. The second kappa shape index (κ2) is 4.63. The Morgan fingerprint density at radius 3 is 2.80 bits per heavy atom. The number of ether oxygens (including phenoxy) is 1. The highest BCUT2D eigenvalue weighted by Crippen LogP contribution is 2.38. The highest BCUT2D eigenvalue weighted by Gasteiger charge is 2.52. The van der Waals surface area contributed by atoms with E-state index in [1.807, 2.05) is 14.0 Å². The molecule has 4 heteroatoms. The van der Waals surface area contributed by atoms with Crippen molar-refractivity contribution in [2.45, 2.75) is 32.7 Å². The lowest BCUT2D eigenvalue weighted by Crippen LogP contribution is -2.43. The molecule has 1 fully saturated rings. The van der Waals surface area contributed by atoms with Gasteiger partial charge in [-0.3, -0.25) is 4.79 Å². The monoisotopic (exact) mass is 210 g/mol. The van der Waals surface area contributed by atoms with Gasteiger partial charge < -0.3 is 9.64 Å². The molecular weight excluding hydrogens is 192 g/mol. The van der Waals surface area contributed by atoms with Gasteiger partial charge in [-0.2, -0.15) is 5.26 Å². The summed E-state index contributed by atoms with van der Waals surface area (Å²) in [4.78, 5) is 13.9. The first kappa shape index (κ1) is 12.0. The van der Waals surface area contributed by atoms with Crippen LogP contribution in [-0.2, 0) is 9.53 Å². The Hall–Kier alpha value is -1.08. The van der Waals surface area contributed by atoms with Gasteiger partial charge in [0.15, 0.2) is 5.41 Å². The fourth-order valence-corrected chi connectivity index (χ4v) is 2.39. The smallest absolute Gasteiger partial charge is 0.328 e. The van der Waals surface area contributed by atoms with Crippen LogP contribution < -0.4 is 0 Å². The van der Waals surface area contributed by atoms with E-state index in [1.54, 1.807) is 6.92 Å². The lowest BCUT2D eigenvalue weighted by molar-refractivity contribution is -0.153. The van der Waals surface area contributed by atoms with Gasteiger partial charge in [-0.15, -0.1) is 0 Å². The van der Waals surface area contributed by atoms with Crippen molar-refractivity contribution in [3.05, 3.63) is 0 Å². The van der Waals surface area contributed by atoms with E-state index in [0.29, 0.717) is 13.0 Å². The molecule has 1 saturated heterocycles. The number of hydrogen-bond donors (Lipinski definition) is 0. The molecule has 1 aliphatic heterocycles. The minimum Gasteiger partial charge on any atom is -0.465 e. The number of esters is 1. The first-order valence-electron chi connectivity index (χ1n) is 5.41. The van der Waals surface area contributed by atoms with Crippen LogP contribution >= 0.6 is 0 Å². The van der Waals surface area contributed by atoms with E-state index in [-0.39, 0.29) is 12.0 Å². The van der Waals surface area contributed by atoms with E-state index in [4.69, 9.17) is 4.74 Å². The number of carbonyl (C=O) groups excluding carboxylic acids is 1. The fourth-order valence-electron chi connectivity index (χ4n) is 2.39. The summed E-state index contributed by atoms with van der Waals surface area (Å²) in [7, 11) is 1.95. The molecule has 0 spiro atoms. The van der Waals surface area contributed by atoms with E-state index >= 15 is 0 Å². The summed E-state index contributed by atoms with van der Waals surface area (Å²) in [5.74, 6) is -0.358. The average Bonchev–Trinajstić information content (AvgIpc) is 2.56. The van der Waals surface area contributed by atoms with Crippen LogP contribution in [0.25, 0.3) is 0 Å². The Labute approximate surface area is 90.8 Å². The normalized spacial score (nSPS) is 31.2. The Kier molecular flexibility index (Phi) is 3.70. The summed E-state index contributed by atoms with van der Waals surface area (Å²) in [6, 6.07) is 2.16. The van der Waals surface area contributed by atoms with Crippen molar-refractivity contribution in [1.82, 2.24) is 4.90 Å². The third kappa shape index (κ3) is 1.84. The average molecular weight is 210 g/mol. The molecule has 1 aliphatic rings. The van der Waals surface area contributed by atoms with Gasteiger partial charge in [-0.25, -0.2) is 0 Å². The Bertz CT molecular complexity index is 285. The van der Waals surface area contributed by atoms with Crippen molar-refractivity contribution in [1.29, 1.82) is 5.26 Å². The molecule has 0 aromatic rings. The summed E-state index contributed by atoms with van der Waals surface area (Å²) in [5, 5.41) is 9.26. The van der Waals surface area contributed by atoms with Gasteiger partial charge in [0.1, 0.15) is 0 Å². The van der Waals surface area contributed by atoms with E-state index in [2.05, 4.69) is 11.0 Å². The molecular formula is C11H18N2O2. The van der Waals surface area contributed by atoms with Crippen LogP contribution in [0.4, 0.5) is 0 Å². The number of rotatable bonds is 3. The van der Waals surface area contributed by atoms with Crippen LogP contribution in [0.3, 0.4) is 0 Å². The van der Waals surface area contributed by atoms with Gasteiger partial charge in [0, 0.05) is 12.6 Å². The second-order valence-electron chi connectivity index (χ2n) is 3.96. The van der Waals surface area contributed by atoms with Gasteiger partial charge >= 0.3 is 5.97 Å². The van der Waals surface area contributed by atoms with Crippen LogP contribution in [0.2, 0.25) is 0 Å². The number of nitrogens with zero attached hydrogens (tertiary/aromatic N) is 2. The lowest BCUT2D eigenvalue weighted by atomic mass is 9.80. The maximum atomic E-state index is 11.8. The van der Waals surface area contributed by atoms with Crippen molar-refractivity contribution in [3.8, 4) is 6.07 Å². The maximum absolute atomic E-state index is 11.8. The van der Waals surface area contributed by atoms with Crippen LogP contribution in [0.15, 0.2) is 0 Å². The van der Waals surface area contributed by atoms with Gasteiger partial charge in [-0.05, 0) is 26.8 Å². The van der Waals surface area contributed by atoms with Crippen LogP contribution in [0.1, 0.15) is 26.7 Å². The molecule has 0 radical (unpaired) electrons. The SMILES string of the molecule is CCOC(=O)C1(C#N)CCN(C)C1CC. The standard InChI is InChI=1S/C11H18N2O2/c1-4-9-11(8-12,6-7-13(9)3)10(14)15-5-2/h9H,4-7H2,1-3H3. The van der Waals surface area contributed by atoms with Crippen LogP contribution in [-0.4, -0.2) is 37.1 Å². The number of hydrogen-bond acceptors (Lipinski definition) is 4. The van der Waals surface area contributed by atoms with Gasteiger partial charge in [0.25, 0.3) is 0 Å². The van der Waals surface area contributed by atoms with Crippen molar-refractivity contribution < 1.29 is 9.53 Å². The van der Waals surface area contributed by atoms with Gasteiger partial charge in [0.05, 0.1) is 12.7 Å². The van der Waals surface area contributed by atoms with E-state index < -0.39 is 5.41 Å². The topological polar surface area (TPSA) is 53.3 Å². The molecule has 2 atom stereocenters. The highest BCUT2D eigenvalue weighted by atomic mass is 16.5. The zero-order chi connectivity index (χ0) is 11.5. The summed E-state index contributed by atoms with van der Waals surface area (Å²) < 4.78 is 5.01. The van der Waals surface area contributed by atoms with Crippen molar-refractivity contribution >= 4 is 5.97 Å². The van der Waals surface area contributed by atoms with Crippen LogP contribution in [0, 0.1) is 16.7 Å². The molecule has 2 unspecified atom stereocenters. The van der Waals surface area contributed by atoms with Crippen molar-refractivity contribution in [3.63, 3.8) is 0 Å². The predicted molar refractivity (Wildman–Crippen MR) is 56.0 cm³/mol. The molecule has 4 nitrogen and oxygen atoms in total. The summed E-state index contributed by atoms with van der Waals surface area (Å²) in [5.41, 5.74) is -0.945. The molecule has 0 aliphatic carbocycles. The zero-order valence-corrected chi connectivity index (χ0v) is 9.62. The molecule has 0 amide bonds. The third-order valence-electron chi connectivity index (χ3n) is 3.19. The lowest BCUT2D eigenvalue weighted by Gasteiger charge is -2.28. The Morgan fingerprint density at radius 2 is 2.33 bits per heavy atom. The molecule has 84 valence electrons. The van der Waals surface area contributed by atoms with Gasteiger partial charge in [-0.1, -0.05) is 6.92 Å². The summed E-state index contributed by atoms with van der Waals surface area (Å²) in [6.07, 6.45) is 1.38. The fraction of sp³-hybridized carbons (Fsp3) is 0.818. The second-order valence-corrected chi connectivity index (χ2v) is 3.96. The molecule has 1 heterocycles.